The lowest BCUT2D eigenvalue weighted by Crippen LogP contribution is -2.29. The van der Waals surface area contributed by atoms with E-state index in [2.05, 4.69) is 17.2 Å². The first kappa shape index (κ1) is 17.4. The molecule has 0 saturated carbocycles. The molecule has 1 N–H and O–H groups in total. The van der Waals surface area contributed by atoms with E-state index in [0.29, 0.717) is 6.54 Å². The number of amides is 1. The Balaban J connectivity index is 1.76. The zero-order valence-corrected chi connectivity index (χ0v) is 14.3. The van der Waals surface area contributed by atoms with Crippen LogP contribution in [0.4, 0.5) is 5.69 Å². The number of hydrogen-bond donors (Lipinski definition) is 1. The number of rotatable bonds is 5. The van der Waals surface area contributed by atoms with Gasteiger partial charge in [-0.25, -0.2) is 0 Å². The molecule has 0 aliphatic carbocycles. The second-order valence-corrected chi connectivity index (χ2v) is 5.57. The predicted molar refractivity (Wildman–Crippen MR) is 97.3 cm³/mol. The fraction of sp³-hybridized carbons (Fsp3) is 0.250. The van der Waals surface area contributed by atoms with Crippen LogP contribution in [0.3, 0.4) is 0 Å². The smallest absolute Gasteiger partial charge is 0.258 e. The van der Waals surface area contributed by atoms with E-state index < -0.39 is 0 Å². The first-order valence-corrected chi connectivity index (χ1v) is 7.77. The molecule has 0 aromatic heterocycles. The summed E-state index contributed by atoms with van der Waals surface area (Å²) in [4.78, 5) is 13.8. The first-order valence-electron chi connectivity index (χ1n) is 7.77. The summed E-state index contributed by atoms with van der Waals surface area (Å²) in [6, 6.07) is 15.6. The largest absolute Gasteiger partial charge is 0.484 e. The van der Waals surface area contributed by atoms with Crippen LogP contribution < -0.4 is 15.0 Å². The van der Waals surface area contributed by atoms with E-state index >= 15 is 0 Å². The quantitative estimate of drug-likeness (QED) is 0.861. The van der Waals surface area contributed by atoms with Crippen LogP contribution in [0.25, 0.3) is 0 Å². The van der Waals surface area contributed by atoms with Crippen molar-refractivity contribution in [3.8, 4) is 17.6 Å². The second kappa shape index (κ2) is 8.64. The second-order valence-electron chi connectivity index (χ2n) is 5.57. The molecule has 0 unspecified atom stereocenters. The molecule has 0 fully saturated rings. The van der Waals surface area contributed by atoms with E-state index in [1.807, 2.05) is 74.4 Å². The van der Waals surface area contributed by atoms with Gasteiger partial charge in [0.05, 0.1) is 6.54 Å². The average molecular weight is 322 g/mol. The van der Waals surface area contributed by atoms with Crippen molar-refractivity contribution < 1.29 is 9.53 Å². The number of anilines is 1. The molecule has 0 saturated heterocycles. The number of carbonyl (C=O) groups is 1. The molecule has 2 aromatic carbocycles. The summed E-state index contributed by atoms with van der Waals surface area (Å²) >= 11 is 0. The highest BCUT2D eigenvalue weighted by molar-refractivity contribution is 5.77. The van der Waals surface area contributed by atoms with E-state index in [9.17, 15) is 4.79 Å². The Hall–Kier alpha value is -2.93. The van der Waals surface area contributed by atoms with Crippen LogP contribution >= 0.6 is 0 Å². The van der Waals surface area contributed by atoms with E-state index in [-0.39, 0.29) is 12.5 Å². The number of aryl methyl sites for hydroxylation is 1. The number of nitrogens with zero attached hydrogens (tertiary/aromatic N) is 1. The molecule has 2 aromatic rings. The van der Waals surface area contributed by atoms with Crippen LogP contribution in [0, 0.1) is 18.8 Å². The van der Waals surface area contributed by atoms with Gasteiger partial charge in [-0.15, -0.1) is 0 Å². The molecular formula is C20H22N2O2. The van der Waals surface area contributed by atoms with Gasteiger partial charge in [-0.2, -0.15) is 0 Å². The molecule has 24 heavy (non-hydrogen) atoms. The van der Waals surface area contributed by atoms with Crippen LogP contribution in [0.15, 0.2) is 48.5 Å². The summed E-state index contributed by atoms with van der Waals surface area (Å²) in [7, 11) is 3.99. The van der Waals surface area contributed by atoms with Gasteiger partial charge in [-0.05, 0) is 42.8 Å². The third-order valence-electron chi connectivity index (χ3n) is 3.44. The van der Waals surface area contributed by atoms with Gasteiger partial charge in [0.1, 0.15) is 5.75 Å². The molecule has 0 aliphatic heterocycles. The third kappa shape index (κ3) is 5.36. The normalized spacial score (nSPS) is 9.62. The van der Waals surface area contributed by atoms with Crippen molar-refractivity contribution in [2.24, 2.45) is 0 Å². The van der Waals surface area contributed by atoms with E-state index in [4.69, 9.17) is 4.74 Å². The molecule has 0 aliphatic rings. The SMILES string of the molecule is Cc1ccccc1OCC(=O)NCC#Cc1ccc(N(C)C)cc1. The molecule has 124 valence electrons. The van der Waals surface area contributed by atoms with E-state index in [1.54, 1.807) is 0 Å². The first-order chi connectivity index (χ1) is 11.6. The summed E-state index contributed by atoms with van der Waals surface area (Å²) in [5, 5.41) is 2.73. The number of nitrogens with one attached hydrogen (secondary N) is 1. The number of benzene rings is 2. The van der Waals surface area contributed by atoms with Crippen molar-refractivity contribution in [1.29, 1.82) is 0 Å². The maximum absolute atomic E-state index is 11.7. The van der Waals surface area contributed by atoms with Crippen LogP contribution in [0.2, 0.25) is 0 Å². The lowest BCUT2D eigenvalue weighted by molar-refractivity contribution is -0.122. The summed E-state index contributed by atoms with van der Waals surface area (Å²) in [6.07, 6.45) is 0. The lowest BCUT2D eigenvalue weighted by Gasteiger charge is -2.11. The zero-order valence-electron chi connectivity index (χ0n) is 14.3. The van der Waals surface area contributed by atoms with E-state index in [1.165, 1.54) is 0 Å². The van der Waals surface area contributed by atoms with Crippen LogP contribution in [0.1, 0.15) is 11.1 Å². The summed E-state index contributed by atoms with van der Waals surface area (Å²) in [5.41, 5.74) is 3.06. The molecular weight excluding hydrogens is 300 g/mol. The minimum absolute atomic E-state index is 0.00986. The van der Waals surface area contributed by atoms with E-state index in [0.717, 1.165) is 22.6 Å². The highest BCUT2D eigenvalue weighted by atomic mass is 16.5. The van der Waals surface area contributed by atoms with Crippen molar-refractivity contribution in [2.45, 2.75) is 6.92 Å². The maximum Gasteiger partial charge on any atom is 0.258 e. The van der Waals surface area contributed by atoms with Crippen molar-refractivity contribution in [2.75, 3.05) is 32.1 Å². The Bertz CT molecular complexity index is 740. The Morgan fingerprint density at radius 3 is 2.50 bits per heavy atom. The van der Waals surface area contributed by atoms with Crippen LogP contribution in [-0.2, 0) is 4.79 Å². The Labute approximate surface area is 143 Å². The molecule has 4 heteroatoms. The number of para-hydroxylation sites is 1. The molecule has 0 radical (unpaired) electrons. The average Bonchev–Trinajstić information content (AvgIpc) is 2.58. The number of ether oxygens (including phenoxy) is 1. The summed E-state index contributed by atoms with van der Waals surface area (Å²) in [5.74, 6) is 6.50. The standard InChI is InChI=1S/C20H22N2O2/c1-16-7-4-5-9-19(16)24-15-20(23)21-14-6-8-17-10-12-18(13-11-17)22(2)3/h4-5,7,9-13H,14-15H2,1-3H3,(H,21,23). The third-order valence-corrected chi connectivity index (χ3v) is 3.44. The lowest BCUT2D eigenvalue weighted by atomic mass is 10.2. The van der Waals surface area contributed by atoms with Gasteiger partial charge >= 0.3 is 0 Å². The minimum atomic E-state index is -0.185. The Kier molecular flexibility index (Phi) is 6.27. The maximum atomic E-state index is 11.7. The fourth-order valence-electron chi connectivity index (χ4n) is 2.04. The van der Waals surface area contributed by atoms with Crippen molar-refractivity contribution in [3.63, 3.8) is 0 Å². The fourth-order valence-corrected chi connectivity index (χ4v) is 2.04. The molecule has 0 spiro atoms. The highest BCUT2D eigenvalue weighted by Gasteiger charge is 2.02. The highest BCUT2D eigenvalue weighted by Crippen LogP contribution is 2.15. The van der Waals surface area contributed by atoms with Gasteiger partial charge in [0.25, 0.3) is 5.91 Å². The van der Waals surface area contributed by atoms with Gasteiger partial charge in [0.15, 0.2) is 6.61 Å². The molecule has 2 rings (SSSR count). The number of carbonyl (C=O) groups excluding carboxylic acids is 1. The number of hydrogen-bond acceptors (Lipinski definition) is 3. The van der Waals surface area contributed by atoms with Gasteiger partial charge < -0.3 is 15.0 Å². The van der Waals surface area contributed by atoms with Crippen LogP contribution in [0.5, 0.6) is 5.75 Å². The molecule has 0 bridgehead atoms. The molecule has 1 amide bonds. The summed E-state index contributed by atoms with van der Waals surface area (Å²) < 4.78 is 5.48. The zero-order chi connectivity index (χ0) is 17.4. The van der Waals surface area contributed by atoms with Crippen molar-refractivity contribution in [1.82, 2.24) is 5.32 Å². The monoisotopic (exact) mass is 322 g/mol. The minimum Gasteiger partial charge on any atom is -0.484 e. The predicted octanol–water partition coefficient (Wildman–Crippen LogP) is 2.61. The van der Waals surface area contributed by atoms with Crippen molar-refractivity contribution in [3.05, 3.63) is 59.7 Å². The molecule has 0 atom stereocenters. The van der Waals surface area contributed by atoms with Gasteiger partial charge in [-0.3, -0.25) is 4.79 Å². The van der Waals surface area contributed by atoms with Gasteiger partial charge in [0.2, 0.25) is 0 Å². The molecule has 4 nitrogen and oxygen atoms in total. The summed E-state index contributed by atoms with van der Waals surface area (Å²) in [6.45, 7) is 2.23. The Morgan fingerprint density at radius 2 is 1.83 bits per heavy atom. The molecule has 0 heterocycles. The van der Waals surface area contributed by atoms with Crippen LogP contribution in [-0.4, -0.2) is 33.2 Å². The van der Waals surface area contributed by atoms with Gasteiger partial charge in [-0.1, -0.05) is 30.0 Å². The topological polar surface area (TPSA) is 41.6 Å². The Morgan fingerprint density at radius 1 is 1.12 bits per heavy atom. The van der Waals surface area contributed by atoms with Gasteiger partial charge in [0, 0.05) is 25.3 Å². The van der Waals surface area contributed by atoms with Crippen molar-refractivity contribution >= 4 is 11.6 Å².